The summed E-state index contributed by atoms with van der Waals surface area (Å²) < 4.78 is 28.5. The smallest absolute Gasteiger partial charge is 0.253 e. The molecule has 0 saturated heterocycles. The molecule has 0 fully saturated rings. The number of aryl methyl sites for hydroxylation is 3. The second kappa shape index (κ2) is 7.34. The molecule has 0 aliphatic heterocycles. The molecular weight excluding hydrogens is 368 g/mol. The van der Waals surface area contributed by atoms with Gasteiger partial charge < -0.3 is 10.6 Å². The second-order valence-corrected chi connectivity index (χ2v) is 6.41. The number of rotatable bonds is 4. The number of fused-ring (bicyclic) bond motifs is 1. The number of carbonyl (C=O) groups is 2. The van der Waals surface area contributed by atoms with E-state index in [1.165, 1.54) is 13.1 Å². The Morgan fingerprint density at radius 1 is 1.14 bits per heavy atom. The van der Waals surface area contributed by atoms with Gasteiger partial charge in [-0.3, -0.25) is 14.3 Å². The van der Waals surface area contributed by atoms with Gasteiger partial charge in [0.2, 0.25) is 5.91 Å². The molecule has 3 rings (SSSR count). The van der Waals surface area contributed by atoms with E-state index in [1.54, 1.807) is 31.6 Å². The Kier molecular flexibility index (Phi) is 5.08. The van der Waals surface area contributed by atoms with Crippen LogP contribution in [0.15, 0.2) is 24.3 Å². The van der Waals surface area contributed by atoms with Crippen LogP contribution in [0.1, 0.15) is 33.4 Å². The van der Waals surface area contributed by atoms with Crippen molar-refractivity contribution in [2.75, 3.05) is 7.05 Å². The van der Waals surface area contributed by atoms with E-state index in [1.807, 2.05) is 0 Å². The first-order valence-corrected chi connectivity index (χ1v) is 8.51. The molecule has 0 spiro atoms. The predicted octanol–water partition coefficient (Wildman–Crippen LogP) is 2.08. The molecule has 2 aromatic heterocycles. The van der Waals surface area contributed by atoms with E-state index in [-0.39, 0.29) is 5.56 Å². The molecule has 1 aromatic carbocycles. The molecule has 0 bridgehead atoms. The van der Waals surface area contributed by atoms with Gasteiger partial charge in [0.25, 0.3) is 5.91 Å². The first kappa shape index (κ1) is 19.4. The van der Waals surface area contributed by atoms with Crippen LogP contribution in [-0.4, -0.2) is 33.6 Å². The van der Waals surface area contributed by atoms with Crippen molar-refractivity contribution in [2.24, 2.45) is 7.05 Å². The van der Waals surface area contributed by atoms with Gasteiger partial charge in [-0.15, -0.1) is 0 Å². The highest BCUT2D eigenvalue weighted by Crippen LogP contribution is 2.23. The van der Waals surface area contributed by atoms with Gasteiger partial charge in [0.15, 0.2) is 17.3 Å². The van der Waals surface area contributed by atoms with Crippen LogP contribution in [0, 0.1) is 25.5 Å². The van der Waals surface area contributed by atoms with Crippen LogP contribution in [0.4, 0.5) is 8.78 Å². The third kappa shape index (κ3) is 3.42. The maximum atomic E-state index is 13.6. The first-order valence-electron chi connectivity index (χ1n) is 8.51. The second-order valence-electron chi connectivity index (χ2n) is 6.41. The number of amides is 2. The van der Waals surface area contributed by atoms with Crippen LogP contribution < -0.4 is 10.6 Å². The van der Waals surface area contributed by atoms with Gasteiger partial charge in [-0.2, -0.15) is 5.10 Å². The summed E-state index contributed by atoms with van der Waals surface area (Å²) in [5.41, 5.74) is 2.16. The molecule has 1 atom stereocenters. The Morgan fingerprint density at radius 2 is 1.86 bits per heavy atom. The Hall–Kier alpha value is -3.36. The van der Waals surface area contributed by atoms with Crippen molar-refractivity contribution >= 4 is 22.8 Å². The van der Waals surface area contributed by atoms with E-state index in [0.717, 1.165) is 12.1 Å². The lowest BCUT2D eigenvalue weighted by Crippen LogP contribution is -2.39. The minimum Gasteiger partial charge on any atom is -0.357 e. The minimum atomic E-state index is -1.20. The van der Waals surface area contributed by atoms with Crippen LogP contribution in [-0.2, 0) is 11.8 Å². The third-order valence-electron chi connectivity index (χ3n) is 4.40. The number of aromatic nitrogens is 3. The highest BCUT2D eigenvalue weighted by Gasteiger charge is 2.26. The number of hydrogen-bond donors (Lipinski definition) is 2. The fraction of sp³-hybridized carbons (Fsp3) is 0.263. The fourth-order valence-electron chi connectivity index (χ4n) is 3.09. The lowest BCUT2D eigenvalue weighted by Gasteiger charge is -2.18. The van der Waals surface area contributed by atoms with Crippen molar-refractivity contribution in [3.8, 4) is 0 Å². The monoisotopic (exact) mass is 387 g/mol. The van der Waals surface area contributed by atoms with E-state index < -0.39 is 29.5 Å². The highest BCUT2D eigenvalue weighted by atomic mass is 19.2. The van der Waals surface area contributed by atoms with E-state index in [9.17, 15) is 18.4 Å². The number of nitrogens with zero attached hydrogens (tertiary/aromatic N) is 3. The number of hydrogen-bond acceptors (Lipinski definition) is 4. The van der Waals surface area contributed by atoms with Crippen LogP contribution in [0.5, 0.6) is 0 Å². The van der Waals surface area contributed by atoms with Crippen LogP contribution >= 0.6 is 0 Å². The zero-order chi connectivity index (χ0) is 20.6. The van der Waals surface area contributed by atoms with Gasteiger partial charge in [-0.25, -0.2) is 13.8 Å². The SMILES string of the molecule is CNC(=O)C(NC(=O)c1cc(C)nc2c1c(C)nn2C)c1ccc(F)c(F)c1. The molecule has 2 amide bonds. The summed E-state index contributed by atoms with van der Waals surface area (Å²) in [5.74, 6) is -3.26. The maximum absolute atomic E-state index is 13.6. The Bertz CT molecular complexity index is 1090. The summed E-state index contributed by atoms with van der Waals surface area (Å²) in [7, 11) is 3.11. The average molecular weight is 387 g/mol. The number of nitrogens with one attached hydrogen (secondary N) is 2. The number of likely N-dealkylation sites (N-methyl/N-ethyl adjacent to an activating group) is 1. The third-order valence-corrected chi connectivity index (χ3v) is 4.40. The predicted molar refractivity (Wildman–Crippen MR) is 98.6 cm³/mol. The average Bonchev–Trinajstić information content (AvgIpc) is 2.94. The summed E-state index contributed by atoms with van der Waals surface area (Å²) >= 11 is 0. The summed E-state index contributed by atoms with van der Waals surface area (Å²) in [6.07, 6.45) is 0. The van der Waals surface area contributed by atoms with Crippen molar-refractivity contribution in [1.82, 2.24) is 25.4 Å². The van der Waals surface area contributed by atoms with Gasteiger partial charge in [-0.1, -0.05) is 6.07 Å². The molecule has 3 aromatic rings. The van der Waals surface area contributed by atoms with Crippen LogP contribution in [0.3, 0.4) is 0 Å². The van der Waals surface area contributed by atoms with Crippen molar-refractivity contribution in [3.63, 3.8) is 0 Å². The topological polar surface area (TPSA) is 88.9 Å². The number of pyridine rings is 1. The molecule has 28 heavy (non-hydrogen) atoms. The lowest BCUT2D eigenvalue weighted by atomic mass is 10.0. The van der Waals surface area contributed by atoms with Gasteiger partial charge in [0.1, 0.15) is 6.04 Å². The first-order chi connectivity index (χ1) is 13.2. The number of halogens is 2. The largest absolute Gasteiger partial charge is 0.357 e. The molecule has 2 heterocycles. The number of benzene rings is 1. The summed E-state index contributed by atoms with van der Waals surface area (Å²) in [4.78, 5) is 29.7. The molecule has 0 radical (unpaired) electrons. The Morgan fingerprint density at radius 3 is 2.50 bits per heavy atom. The normalized spacial score (nSPS) is 12.1. The van der Waals surface area contributed by atoms with Gasteiger partial charge >= 0.3 is 0 Å². The van der Waals surface area contributed by atoms with Gasteiger partial charge in [-0.05, 0) is 37.6 Å². The van der Waals surface area contributed by atoms with Crippen molar-refractivity contribution in [3.05, 3.63) is 58.4 Å². The van der Waals surface area contributed by atoms with Crippen molar-refractivity contribution < 1.29 is 18.4 Å². The zero-order valence-corrected chi connectivity index (χ0v) is 15.8. The maximum Gasteiger partial charge on any atom is 0.253 e. The molecular formula is C19H19F2N5O2. The lowest BCUT2D eigenvalue weighted by molar-refractivity contribution is -0.122. The van der Waals surface area contributed by atoms with Gasteiger partial charge in [0, 0.05) is 19.8 Å². The molecule has 9 heteroatoms. The standard InChI is InChI=1S/C19H19F2N5O2/c1-9-7-12(15-10(2)25-26(4)17(15)23-9)18(27)24-16(19(28)22-3)11-5-6-13(20)14(21)8-11/h5-8,16H,1-4H3,(H,22,28)(H,24,27). The molecule has 7 nitrogen and oxygen atoms in total. The molecule has 2 N–H and O–H groups in total. The summed E-state index contributed by atoms with van der Waals surface area (Å²) in [5, 5.41) is 9.87. The van der Waals surface area contributed by atoms with Crippen molar-refractivity contribution in [2.45, 2.75) is 19.9 Å². The summed E-state index contributed by atoms with van der Waals surface area (Å²) in [6, 6.07) is 3.44. The highest BCUT2D eigenvalue weighted by molar-refractivity contribution is 6.07. The van der Waals surface area contributed by atoms with Crippen LogP contribution in [0.2, 0.25) is 0 Å². The molecule has 0 saturated carbocycles. The van der Waals surface area contributed by atoms with Gasteiger partial charge in [0.05, 0.1) is 16.6 Å². The van der Waals surface area contributed by atoms with E-state index in [0.29, 0.717) is 28.0 Å². The Balaban J connectivity index is 2.05. The molecule has 1 unspecified atom stereocenters. The van der Waals surface area contributed by atoms with E-state index >= 15 is 0 Å². The molecule has 146 valence electrons. The fourth-order valence-corrected chi connectivity index (χ4v) is 3.09. The Labute approximate surface area is 159 Å². The molecule has 0 aliphatic carbocycles. The molecule has 0 aliphatic rings. The van der Waals surface area contributed by atoms with E-state index in [2.05, 4.69) is 20.7 Å². The minimum absolute atomic E-state index is 0.122. The summed E-state index contributed by atoms with van der Waals surface area (Å²) in [6.45, 7) is 3.49. The van der Waals surface area contributed by atoms with E-state index in [4.69, 9.17) is 0 Å². The number of carbonyl (C=O) groups excluding carboxylic acids is 2. The van der Waals surface area contributed by atoms with Crippen molar-refractivity contribution in [1.29, 1.82) is 0 Å². The quantitative estimate of drug-likeness (QED) is 0.717. The van der Waals surface area contributed by atoms with Crippen LogP contribution in [0.25, 0.3) is 11.0 Å². The zero-order valence-electron chi connectivity index (χ0n) is 15.8.